The van der Waals surface area contributed by atoms with Crippen LogP contribution in [0.4, 0.5) is 0 Å². The fraction of sp³-hybridized carbons (Fsp3) is 0.400. The molecule has 4 heterocycles. The van der Waals surface area contributed by atoms with Crippen molar-refractivity contribution in [3.8, 4) is 0 Å². The molecule has 1 aliphatic heterocycles. The summed E-state index contributed by atoms with van der Waals surface area (Å²) in [6.45, 7) is 5.42. The quantitative estimate of drug-likeness (QED) is 0.729. The number of hydrogen-bond donors (Lipinski definition) is 0. The summed E-state index contributed by atoms with van der Waals surface area (Å²) in [5, 5.41) is 0. The normalized spacial score (nSPS) is 17.6. The Balaban J connectivity index is 1.51. The second-order valence-electron chi connectivity index (χ2n) is 6.96. The molecule has 1 fully saturated rings. The molecule has 0 spiro atoms. The number of imidazole rings is 1. The van der Waals surface area contributed by atoms with Gasteiger partial charge in [0.2, 0.25) is 5.91 Å². The molecule has 3 aromatic rings. The number of carbonyl (C=O) groups excluding carboxylic acids is 1. The molecule has 1 atom stereocenters. The molecule has 6 heteroatoms. The van der Waals surface area contributed by atoms with Gasteiger partial charge in [0, 0.05) is 37.1 Å². The predicted octanol–water partition coefficient (Wildman–Crippen LogP) is 2.69. The van der Waals surface area contributed by atoms with Crippen molar-refractivity contribution in [3.05, 3.63) is 59.6 Å². The first-order chi connectivity index (χ1) is 12.6. The molecule has 0 saturated carbocycles. The average molecular weight is 349 g/mol. The maximum atomic E-state index is 13.0. The van der Waals surface area contributed by atoms with Crippen LogP contribution in [0.5, 0.6) is 0 Å². The van der Waals surface area contributed by atoms with E-state index in [4.69, 9.17) is 0 Å². The van der Waals surface area contributed by atoms with Crippen molar-refractivity contribution >= 4 is 11.6 Å². The van der Waals surface area contributed by atoms with Crippen molar-refractivity contribution in [3.63, 3.8) is 0 Å². The molecule has 4 rings (SSSR count). The third kappa shape index (κ3) is 3.19. The van der Waals surface area contributed by atoms with E-state index in [9.17, 15) is 4.79 Å². The van der Waals surface area contributed by atoms with Crippen LogP contribution in [0.3, 0.4) is 0 Å². The molecule has 1 saturated heterocycles. The van der Waals surface area contributed by atoms with Crippen LogP contribution in [0.1, 0.15) is 41.7 Å². The lowest BCUT2D eigenvalue weighted by atomic mass is 9.94. The van der Waals surface area contributed by atoms with Gasteiger partial charge in [-0.3, -0.25) is 4.79 Å². The highest BCUT2D eigenvalue weighted by Gasteiger charge is 2.26. The van der Waals surface area contributed by atoms with Crippen LogP contribution >= 0.6 is 0 Å². The number of fused-ring (bicyclic) bond motifs is 1. The summed E-state index contributed by atoms with van der Waals surface area (Å²) in [6, 6.07) is 7.87. The Labute approximate surface area is 152 Å². The topological polar surface area (TPSA) is 63.4 Å². The van der Waals surface area contributed by atoms with Crippen molar-refractivity contribution in [2.24, 2.45) is 0 Å². The van der Waals surface area contributed by atoms with E-state index < -0.39 is 0 Å². The smallest absolute Gasteiger partial charge is 0.228 e. The van der Waals surface area contributed by atoms with Gasteiger partial charge in [-0.2, -0.15) is 0 Å². The number of hydrogen-bond acceptors (Lipinski definition) is 4. The van der Waals surface area contributed by atoms with Gasteiger partial charge < -0.3 is 9.30 Å². The number of likely N-dealkylation sites (tertiary alicyclic amines) is 1. The summed E-state index contributed by atoms with van der Waals surface area (Å²) >= 11 is 0. The van der Waals surface area contributed by atoms with Gasteiger partial charge >= 0.3 is 0 Å². The van der Waals surface area contributed by atoms with Crippen molar-refractivity contribution in [2.45, 2.75) is 39.0 Å². The van der Waals surface area contributed by atoms with E-state index in [1.54, 1.807) is 6.20 Å². The monoisotopic (exact) mass is 349 g/mol. The van der Waals surface area contributed by atoms with Gasteiger partial charge in [-0.1, -0.05) is 6.07 Å². The zero-order chi connectivity index (χ0) is 18.1. The van der Waals surface area contributed by atoms with Gasteiger partial charge in [0.25, 0.3) is 0 Å². The maximum absolute atomic E-state index is 13.0. The van der Waals surface area contributed by atoms with Crippen LogP contribution in [-0.4, -0.2) is 43.2 Å². The molecule has 0 bridgehead atoms. The Hall–Kier alpha value is -2.76. The molecule has 0 aliphatic carbocycles. The molecule has 1 amide bonds. The minimum Gasteiger partial charge on any atom is -0.342 e. The van der Waals surface area contributed by atoms with Gasteiger partial charge in [-0.05, 0) is 44.9 Å². The Morgan fingerprint density at radius 1 is 1.23 bits per heavy atom. The fourth-order valence-corrected chi connectivity index (χ4v) is 3.78. The number of pyridine rings is 1. The summed E-state index contributed by atoms with van der Waals surface area (Å²) in [7, 11) is 0. The largest absolute Gasteiger partial charge is 0.342 e. The van der Waals surface area contributed by atoms with E-state index in [1.165, 1.54) is 0 Å². The van der Waals surface area contributed by atoms with Crippen molar-refractivity contribution in [2.75, 3.05) is 13.1 Å². The van der Waals surface area contributed by atoms with Crippen LogP contribution < -0.4 is 0 Å². The standard InChI is InChI=1S/C20H23N5O/c1-14-18(25-11-4-3-7-19(25)22-14)12-20(26)24-10-5-6-16(13-24)17-8-9-21-15(2)23-17/h3-4,7-9,11,16H,5-6,10,12-13H2,1-2H3/t16-/m0/s1. The van der Waals surface area contributed by atoms with Gasteiger partial charge in [0.15, 0.2) is 0 Å². The van der Waals surface area contributed by atoms with Crippen LogP contribution in [0.25, 0.3) is 5.65 Å². The molecule has 0 N–H and O–H groups in total. The lowest BCUT2D eigenvalue weighted by Crippen LogP contribution is -2.40. The van der Waals surface area contributed by atoms with Crippen molar-refractivity contribution in [1.82, 2.24) is 24.3 Å². The Bertz CT molecular complexity index is 948. The first-order valence-corrected chi connectivity index (χ1v) is 9.11. The molecule has 26 heavy (non-hydrogen) atoms. The van der Waals surface area contributed by atoms with E-state index in [0.29, 0.717) is 6.42 Å². The van der Waals surface area contributed by atoms with Crippen LogP contribution in [0.15, 0.2) is 36.7 Å². The summed E-state index contributed by atoms with van der Waals surface area (Å²) in [5.41, 5.74) is 3.83. The molecular formula is C20H23N5O. The molecule has 3 aromatic heterocycles. The number of rotatable bonds is 3. The summed E-state index contributed by atoms with van der Waals surface area (Å²) < 4.78 is 2.02. The summed E-state index contributed by atoms with van der Waals surface area (Å²) in [4.78, 5) is 28.2. The molecule has 0 radical (unpaired) electrons. The van der Waals surface area contributed by atoms with E-state index in [1.807, 2.05) is 53.6 Å². The van der Waals surface area contributed by atoms with Gasteiger partial charge in [0.05, 0.1) is 17.8 Å². The van der Waals surface area contributed by atoms with Crippen LogP contribution in [0, 0.1) is 13.8 Å². The number of piperidine rings is 1. The summed E-state index contributed by atoms with van der Waals surface area (Å²) in [5.74, 6) is 1.24. The Morgan fingerprint density at radius 2 is 2.12 bits per heavy atom. The maximum Gasteiger partial charge on any atom is 0.228 e. The third-order valence-electron chi connectivity index (χ3n) is 5.14. The zero-order valence-electron chi connectivity index (χ0n) is 15.2. The Morgan fingerprint density at radius 3 is 2.96 bits per heavy atom. The van der Waals surface area contributed by atoms with Crippen LogP contribution in [-0.2, 0) is 11.2 Å². The minimum atomic E-state index is 0.161. The number of nitrogens with zero attached hydrogens (tertiary/aromatic N) is 5. The second kappa shape index (κ2) is 6.86. The second-order valence-corrected chi connectivity index (χ2v) is 6.96. The molecule has 0 unspecified atom stereocenters. The molecule has 1 aliphatic rings. The van der Waals surface area contributed by atoms with Gasteiger partial charge in [-0.15, -0.1) is 0 Å². The molecular weight excluding hydrogens is 326 g/mol. The zero-order valence-corrected chi connectivity index (χ0v) is 15.2. The molecule has 134 valence electrons. The molecule has 6 nitrogen and oxygen atoms in total. The predicted molar refractivity (Wildman–Crippen MR) is 99.0 cm³/mol. The highest BCUT2D eigenvalue weighted by molar-refractivity contribution is 5.79. The van der Waals surface area contributed by atoms with Gasteiger partial charge in [0.1, 0.15) is 11.5 Å². The van der Waals surface area contributed by atoms with Crippen molar-refractivity contribution < 1.29 is 4.79 Å². The first kappa shape index (κ1) is 16.7. The number of amides is 1. The number of aryl methyl sites for hydroxylation is 2. The highest BCUT2D eigenvalue weighted by atomic mass is 16.2. The number of carbonyl (C=O) groups is 1. The van der Waals surface area contributed by atoms with Crippen molar-refractivity contribution in [1.29, 1.82) is 0 Å². The SMILES string of the molecule is Cc1nccc([C@H]2CCCN(C(=O)Cc3c(C)nc4ccccn34)C2)n1. The van der Waals surface area contributed by atoms with E-state index in [-0.39, 0.29) is 11.8 Å². The van der Waals surface area contributed by atoms with E-state index >= 15 is 0 Å². The van der Waals surface area contributed by atoms with Crippen LogP contribution in [0.2, 0.25) is 0 Å². The average Bonchev–Trinajstić information content (AvgIpc) is 2.97. The lowest BCUT2D eigenvalue weighted by molar-refractivity contribution is -0.131. The van der Waals surface area contributed by atoms with E-state index in [2.05, 4.69) is 15.0 Å². The Kier molecular flexibility index (Phi) is 4.41. The lowest BCUT2D eigenvalue weighted by Gasteiger charge is -2.32. The third-order valence-corrected chi connectivity index (χ3v) is 5.14. The van der Waals surface area contributed by atoms with Gasteiger partial charge in [-0.25, -0.2) is 15.0 Å². The minimum absolute atomic E-state index is 0.161. The highest BCUT2D eigenvalue weighted by Crippen LogP contribution is 2.26. The van der Waals surface area contributed by atoms with E-state index in [0.717, 1.165) is 54.5 Å². The summed E-state index contributed by atoms with van der Waals surface area (Å²) in [6.07, 6.45) is 6.23. The first-order valence-electron chi connectivity index (χ1n) is 9.11. The molecule has 0 aromatic carbocycles. The number of aromatic nitrogens is 4. The fourth-order valence-electron chi connectivity index (χ4n) is 3.78.